The molecule has 2 heteroatoms. The van der Waals surface area contributed by atoms with Crippen molar-refractivity contribution in [3.63, 3.8) is 0 Å². The lowest BCUT2D eigenvalue weighted by Crippen LogP contribution is -2.46. The normalized spacial score (nSPS) is 28.5. The monoisotopic (exact) mass is 161 g/mol. The molecule has 0 aromatic rings. The van der Waals surface area contributed by atoms with Gasteiger partial charge < -0.3 is 5.73 Å². The second-order valence-corrected chi connectivity index (χ2v) is 3.86. The summed E-state index contributed by atoms with van der Waals surface area (Å²) in [6, 6.07) is 0. The highest BCUT2D eigenvalue weighted by atomic mass is 35.5. The van der Waals surface area contributed by atoms with Crippen LogP contribution in [0.1, 0.15) is 38.5 Å². The maximum absolute atomic E-state index is 6.04. The van der Waals surface area contributed by atoms with Gasteiger partial charge in [0, 0.05) is 5.54 Å². The maximum atomic E-state index is 6.04. The van der Waals surface area contributed by atoms with Gasteiger partial charge in [-0.25, -0.2) is 0 Å². The fourth-order valence-electron chi connectivity index (χ4n) is 1.73. The molecule has 2 aliphatic carbocycles. The van der Waals surface area contributed by atoms with Crippen LogP contribution in [0.3, 0.4) is 0 Å². The van der Waals surface area contributed by atoms with Crippen LogP contribution in [0, 0.1) is 5.92 Å². The Bertz CT molecular complexity index is 116. The van der Waals surface area contributed by atoms with Gasteiger partial charge in [0.05, 0.1) is 0 Å². The molecule has 0 amide bonds. The van der Waals surface area contributed by atoms with Crippen LogP contribution in [0.4, 0.5) is 0 Å². The quantitative estimate of drug-likeness (QED) is 0.660. The van der Waals surface area contributed by atoms with E-state index in [1.165, 1.54) is 38.5 Å². The van der Waals surface area contributed by atoms with E-state index < -0.39 is 0 Å². The molecule has 2 saturated carbocycles. The smallest absolute Gasteiger partial charge is 0.0157 e. The molecule has 0 spiro atoms. The third-order valence-corrected chi connectivity index (χ3v) is 2.74. The predicted molar refractivity (Wildman–Crippen MR) is 45.4 cm³/mol. The highest BCUT2D eigenvalue weighted by Crippen LogP contribution is 2.43. The van der Waals surface area contributed by atoms with E-state index in [-0.39, 0.29) is 12.4 Å². The molecule has 0 aromatic carbocycles. The molecular formula is C8H16ClN. The number of halogens is 1. The van der Waals surface area contributed by atoms with Gasteiger partial charge in [0.15, 0.2) is 0 Å². The number of hydrogen-bond acceptors (Lipinski definition) is 1. The molecule has 2 N–H and O–H groups in total. The van der Waals surface area contributed by atoms with Gasteiger partial charge in [-0.1, -0.05) is 12.8 Å². The van der Waals surface area contributed by atoms with Crippen molar-refractivity contribution in [3.8, 4) is 0 Å². The van der Waals surface area contributed by atoms with Gasteiger partial charge in [-0.3, -0.25) is 0 Å². The van der Waals surface area contributed by atoms with E-state index in [2.05, 4.69) is 0 Å². The summed E-state index contributed by atoms with van der Waals surface area (Å²) in [4.78, 5) is 0. The van der Waals surface area contributed by atoms with Gasteiger partial charge in [-0.05, 0) is 31.6 Å². The Morgan fingerprint density at radius 2 is 1.90 bits per heavy atom. The summed E-state index contributed by atoms with van der Waals surface area (Å²) in [6.45, 7) is 0. The second kappa shape index (κ2) is 2.71. The van der Waals surface area contributed by atoms with Gasteiger partial charge in [-0.15, -0.1) is 12.4 Å². The van der Waals surface area contributed by atoms with E-state index >= 15 is 0 Å². The van der Waals surface area contributed by atoms with Gasteiger partial charge in [0.1, 0.15) is 0 Å². The highest BCUT2D eigenvalue weighted by Gasteiger charge is 2.37. The summed E-state index contributed by atoms with van der Waals surface area (Å²) >= 11 is 0. The predicted octanol–water partition coefficient (Wildman–Crippen LogP) is 2.09. The highest BCUT2D eigenvalue weighted by molar-refractivity contribution is 5.85. The molecule has 0 aliphatic heterocycles. The van der Waals surface area contributed by atoms with Crippen molar-refractivity contribution in [1.82, 2.24) is 0 Å². The number of rotatable bonds is 2. The van der Waals surface area contributed by atoms with Crippen molar-refractivity contribution < 1.29 is 0 Å². The first-order chi connectivity index (χ1) is 4.29. The lowest BCUT2D eigenvalue weighted by Gasteiger charge is -2.38. The van der Waals surface area contributed by atoms with Crippen LogP contribution in [-0.2, 0) is 0 Å². The molecule has 60 valence electrons. The zero-order valence-corrected chi connectivity index (χ0v) is 7.12. The minimum atomic E-state index is 0. The van der Waals surface area contributed by atoms with E-state index in [1.807, 2.05) is 0 Å². The van der Waals surface area contributed by atoms with Crippen LogP contribution < -0.4 is 5.73 Å². The Labute approximate surface area is 68.8 Å². The van der Waals surface area contributed by atoms with Crippen molar-refractivity contribution in [2.45, 2.75) is 44.1 Å². The van der Waals surface area contributed by atoms with E-state index in [0.717, 1.165) is 5.92 Å². The van der Waals surface area contributed by atoms with Crippen molar-refractivity contribution in [3.05, 3.63) is 0 Å². The number of hydrogen-bond donors (Lipinski definition) is 1. The molecule has 0 radical (unpaired) electrons. The minimum absolute atomic E-state index is 0. The summed E-state index contributed by atoms with van der Waals surface area (Å²) in [5, 5.41) is 0. The number of nitrogens with two attached hydrogens (primary N) is 1. The average Bonchev–Trinajstić information content (AvgIpc) is 2.46. The standard InChI is InChI=1S/C8H15N.ClH/c9-8(4-1-5-8)6-7-2-3-7;/h7H,1-6,9H2;1H. The van der Waals surface area contributed by atoms with Crippen molar-refractivity contribution >= 4 is 12.4 Å². The zero-order valence-electron chi connectivity index (χ0n) is 6.31. The molecule has 0 saturated heterocycles. The minimum Gasteiger partial charge on any atom is -0.325 e. The molecule has 0 atom stereocenters. The van der Waals surface area contributed by atoms with Gasteiger partial charge in [-0.2, -0.15) is 0 Å². The molecule has 2 fully saturated rings. The third kappa shape index (κ3) is 1.64. The van der Waals surface area contributed by atoms with E-state index in [9.17, 15) is 0 Å². The van der Waals surface area contributed by atoms with Crippen LogP contribution in [0.2, 0.25) is 0 Å². The Morgan fingerprint density at radius 1 is 1.30 bits per heavy atom. The summed E-state index contributed by atoms with van der Waals surface area (Å²) in [6.07, 6.45) is 8.21. The Hall–Kier alpha value is 0.250. The Kier molecular flexibility index (Phi) is 2.26. The average molecular weight is 162 g/mol. The zero-order chi connectivity index (χ0) is 6.32. The molecule has 0 bridgehead atoms. The van der Waals surface area contributed by atoms with Crippen LogP contribution in [-0.4, -0.2) is 5.54 Å². The Balaban J connectivity index is 0.000000500. The van der Waals surface area contributed by atoms with Crippen LogP contribution in [0.5, 0.6) is 0 Å². The van der Waals surface area contributed by atoms with Gasteiger partial charge in [0.25, 0.3) is 0 Å². The molecule has 10 heavy (non-hydrogen) atoms. The third-order valence-electron chi connectivity index (χ3n) is 2.74. The fraction of sp³-hybridized carbons (Fsp3) is 1.00. The fourth-order valence-corrected chi connectivity index (χ4v) is 1.73. The summed E-state index contributed by atoms with van der Waals surface area (Å²) in [5.74, 6) is 1.02. The molecule has 0 unspecified atom stereocenters. The van der Waals surface area contributed by atoms with E-state index in [4.69, 9.17) is 5.73 Å². The topological polar surface area (TPSA) is 26.0 Å². The summed E-state index contributed by atoms with van der Waals surface area (Å²) in [7, 11) is 0. The van der Waals surface area contributed by atoms with Crippen molar-refractivity contribution in [2.75, 3.05) is 0 Å². The summed E-state index contributed by atoms with van der Waals surface area (Å²) in [5.41, 5.74) is 6.35. The molecular weight excluding hydrogens is 146 g/mol. The first kappa shape index (κ1) is 8.35. The first-order valence-corrected chi connectivity index (χ1v) is 4.07. The SMILES string of the molecule is Cl.NC1(CC2CC2)CCC1. The largest absolute Gasteiger partial charge is 0.325 e. The molecule has 0 heterocycles. The Morgan fingerprint density at radius 3 is 2.20 bits per heavy atom. The van der Waals surface area contributed by atoms with Crippen LogP contribution >= 0.6 is 12.4 Å². The van der Waals surface area contributed by atoms with Crippen LogP contribution in [0.15, 0.2) is 0 Å². The maximum Gasteiger partial charge on any atom is 0.0157 e. The van der Waals surface area contributed by atoms with Crippen molar-refractivity contribution in [1.29, 1.82) is 0 Å². The van der Waals surface area contributed by atoms with Gasteiger partial charge >= 0.3 is 0 Å². The van der Waals surface area contributed by atoms with Gasteiger partial charge in [0.2, 0.25) is 0 Å². The van der Waals surface area contributed by atoms with E-state index in [0.29, 0.717) is 5.54 Å². The van der Waals surface area contributed by atoms with Crippen LogP contribution in [0.25, 0.3) is 0 Å². The van der Waals surface area contributed by atoms with Crippen molar-refractivity contribution in [2.24, 2.45) is 11.7 Å². The molecule has 1 nitrogen and oxygen atoms in total. The molecule has 2 rings (SSSR count). The van der Waals surface area contributed by atoms with E-state index in [1.54, 1.807) is 0 Å². The second-order valence-electron chi connectivity index (χ2n) is 3.86. The lowest BCUT2D eigenvalue weighted by atomic mass is 9.74. The first-order valence-electron chi connectivity index (χ1n) is 4.07. The molecule has 2 aliphatic rings. The summed E-state index contributed by atoms with van der Waals surface area (Å²) < 4.78 is 0. The molecule has 0 aromatic heterocycles. The lowest BCUT2D eigenvalue weighted by molar-refractivity contribution is 0.221.